The van der Waals surface area contributed by atoms with Crippen LogP contribution < -0.4 is 10.6 Å². The Balaban J connectivity index is 1.71. The highest BCUT2D eigenvalue weighted by Crippen LogP contribution is 2.32. The molecule has 2 heterocycles. The van der Waals surface area contributed by atoms with Crippen molar-refractivity contribution in [1.82, 2.24) is 4.90 Å². The molecule has 0 spiro atoms. The fourth-order valence-corrected chi connectivity index (χ4v) is 3.13. The van der Waals surface area contributed by atoms with Gasteiger partial charge in [0.2, 0.25) is 0 Å². The van der Waals surface area contributed by atoms with E-state index in [1.807, 2.05) is 12.1 Å². The molecule has 2 aliphatic heterocycles. The van der Waals surface area contributed by atoms with E-state index < -0.39 is 0 Å². The zero-order chi connectivity index (χ0) is 15.5. The van der Waals surface area contributed by atoms with Crippen LogP contribution in [0.25, 0.3) is 0 Å². The molecule has 0 amide bonds. The van der Waals surface area contributed by atoms with Gasteiger partial charge in [-0.05, 0) is 24.1 Å². The average molecular weight is 305 g/mol. The van der Waals surface area contributed by atoms with Crippen molar-refractivity contribution in [2.45, 2.75) is 6.42 Å². The Bertz CT molecular complexity index is 556. The second kappa shape index (κ2) is 6.54. The third-order valence-electron chi connectivity index (χ3n) is 4.44. The minimum Gasteiger partial charge on any atom is -0.465 e. The van der Waals surface area contributed by atoms with Gasteiger partial charge >= 0.3 is 5.97 Å². The van der Waals surface area contributed by atoms with Gasteiger partial charge in [0.1, 0.15) is 0 Å². The standard InChI is InChI=1S/C16H23N3O3/c1-21-16(20)13-11-15-12(10-14(13)17)2-3-19(15)5-4-18-6-8-22-9-7-18/h10-11H,2-9,17H2,1H3. The van der Waals surface area contributed by atoms with Crippen molar-refractivity contribution in [2.75, 3.05) is 63.7 Å². The third kappa shape index (κ3) is 3.03. The number of hydrogen-bond acceptors (Lipinski definition) is 6. The van der Waals surface area contributed by atoms with Gasteiger partial charge in [0.25, 0.3) is 0 Å². The average Bonchev–Trinajstić information content (AvgIpc) is 2.94. The number of esters is 1. The topological polar surface area (TPSA) is 68.0 Å². The second-order valence-electron chi connectivity index (χ2n) is 5.75. The number of rotatable bonds is 4. The highest BCUT2D eigenvalue weighted by molar-refractivity contribution is 5.97. The maximum absolute atomic E-state index is 11.8. The number of benzene rings is 1. The molecule has 22 heavy (non-hydrogen) atoms. The molecule has 3 rings (SSSR count). The van der Waals surface area contributed by atoms with E-state index >= 15 is 0 Å². The van der Waals surface area contributed by atoms with E-state index in [1.165, 1.54) is 12.7 Å². The van der Waals surface area contributed by atoms with Gasteiger partial charge in [-0.15, -0.1) is 0 Å². The quantitative estimate of drug-likeness (QED) is 0.654. The summed E-state index contributed by atoms with van der Waals surface area (Å²) in [6, 6.07) is 3.79. The van der Waals surface area contributed by atoms with Crippen molar-refractivity contribution >= 4 is 17.3 Å². The lowest BCUT2D eigenvalue weighted by Gasteiger charge is -2.29. The fourth-order valence-electron chi connectivity index (χ4n) is 3.13. The minimum absolute atomic E-state index is 0.375. The number of morpholine rings is 1. The number of hydrogen-bond donors (Lipinski definition) is 1. The van der Waals surface area contributed by atoms with Crippen LogP contribution in [-0.4, -0.2) is 63.9 Å². The Morgan fingerprint density at radius 2 is 2.05 bits per heavy atom. The SMILES string of the molecule is COC(=O)c1cc2c(cc1N)CCN2CCN1CCOCC1. The predicted molar refractivity (Wildman–Crippen MR) is 85.4 cm³/mol. The highest BCUT2D eigenvalue weighted by atomic mass is 16.5. The number of carbonyl (C=O) groups excluding carboxylic acids is 1. The van der Waals surface area contributed by atoms with Crippen LogP contribution >= 0.6 is 0 Å². The smallest absolute Gasteiger partial charge is 0.340 e. The molecule has 0 bridgehead atoms. The number of methoxy groups -OCH3 is 1. The van der Waals surface area contributed by atoms with Gasteiger partial charge in [-0.1, -0.05) is 0 Å². The van der Waals surface area contributed by atoms with Gasteiger partial charge in [-0.3, -0.25) is 4.90 Å². The summed E-state index contributed by atoms with van der Waals surface area (Å²) in [6.07, 6.45) is 0.976. The normalized spacial score (nSPS) is 18.3. The number of nitrogens with two attached hydrogens (primary N) is 1. The van der Waals surface area contributed by atoms with Crippen LogP contribution in [0.15, 0.2) is 12.1 Å². The summed E-state index contributed by atoms with van der Waals surface area (Å²) in [6.45, 7) is 6.58. The summed E-state index contributed by atoms with van der Waals surface area (Å²) < 4.78 is 10.2. The monoisotopic (exact) mass is 305 g/mol. The van der Waals surface area contributed by atoms with Crippen molar-refractivity contribution in [2.24, 2.45) is 0 Å². The number of carbonyl (C=O) groups is 1. The summed E-state index contributed by atoms with van der Waals surface area (Å²) in [4.78, 5) is 16.5. The maximum Gasteiger partial charge on any atom is 0.340 e. The maximum atomic E-state index is 11.8. The van der Waals surface area contributed by atoms with E-state index in [0.29, 0.717) is 11.3 Å². The Kier molecular flexibility index (Phi) is 4.49. The predicted octanol–water partition coefficient (Wildman–Crippen LogP) is 0.750. The molecule has 6 heteroatoms. The van der Waals surface area contributed by atoms with Gasteiger partial charge in [-0.25, -0.2) is 4.79 Å². The summed E-state index contributed by atoms with van der Waals surface area (Å²) >= 11 is 0. The zero-order valence-corrected chi connectivity index (χ0v) is 13.0. The van der Waals surface area contributed by atoms with Crippen LogP contribution in [0.2, 0.25) is 0 Å². The second-order valence-corrected chi connectivity index (χ2v) is 5.75. The number of ether oxygens (including phenoxy) is 2. The Hall–Kier alpha value is -1.79. The van der Waals surface area contributed by atoms with Gasteiger partial charge in [-0.2, -0.15) is 0 Å². The first-order valence-corrected chi connectivity index (χ1v) is 7.75. The molecule has 1 saturated heterocycles. The van der Waals surface area contributed by atoms with Crippen LogP contribution in [0.4, 0.5) is 11.4 Å². The first kappa shape index (κ1) is 15.1. The first-order chi connectivity index (χ1) is 10.7. The molecule has 6 nitrogen and oxygen atoms in total. The molecule has 120 valence electrons. The molecule has 0 saturated carbocycles. The lowest BCUT2D eigenvalue weighted by atomic mass is 10.1. The number of fused-ring (bicyclic) bond motifs is 1. The Morgan fingerprint density at radius 3 is 2.77 bits per heavy atom. The van der Waals surface area contributed by atoms with Crippen molar-refractivity contribution in [3.05, 3.63) is 23.3 Å². The fraction of sp³-hybridized carbons (Fsp3) is 0.562. The van der Waals surface area contributed by atoms with Gasteiger partial charge < -0.3 is 20.1 Å². The molecule has 2 N–H and O–H groups in total. The first-order valence-electron chi connectivity index (χ1n) is 7.75. The summed E-state index contributed by atoms with van der Waals surface area (Å²) in [5.41, 5.74) is 9.25. The van der Waals surface area contributed by atoms with E-state index in [4.69, 9.17) is 15.2 Å². The molecule has 2 aliphatic rings. The van der Waals surface area contributed by atoms with E-state index in [2.05, 4.69) is 9.80 Å². The highest BCUT2D eigenvalue weighted by Gasteiger charge is 2.23. The van der Waals surface area contributed by atoms with Crippen molar-refractivity contribution in [3.63, 3.8) is 0 Å². The minimum atomic E-state index is -0.375. The van der Waals surface area contributed by atoms with Crippen LogP contribution in [0.5, 0.6) is 0 Å². The van der Waals surface area contributed by atoms with Crippen LogP contribution in [0.3, 0.4) is 0 Å². The van der Waals surface area contributed by atoms with Crippen molar-refractivity contribution < 1.29 is 14.3 Å². The molecule has 0 atom stereocenters. The number of anilines is 2. The summed E-state index contributed by atoms with van der Waals surface area (Å²) in [5, 5.41) is 0. The van der Waals surface area contributed by atoms with E-state index in [0.717, 1.165) is 58.0 Å². The third-order valence-corrected chi connectivity index (χ3v) is 4.44. The molecule has 0 aromatic heterocycles. The van der Waals surface area contributed by atoms with Crippen molar-refractivity contribution in [3.8, 4) is 0 Å². The van der Waals surface area contributed by atoms with Gasteiger partial charge in [0.05, 0.1) is 25.9 Å². The van der Waals surface area contributed by atoms with E-state index in [1.54, 1.807) is 0 Å². The largest absolute Gasteiger partial charge is 0.465 e. The van der Waals surface area contributed by atoms with Gasteiger partial charge in [0.15, 0.2) is 0 Å². The molecule has 0 unspecified atom stereocenters. The van der Waals surface area contributed by atoms with E-state index in [-0.39, 0.29) is 5.97 Å². The van der Waals surface area contributed by atoms with Gasteiger partial charge in [0, 0.05) is 44.1 Å². The molecule has 1 aromatic carbocycles. The van der Waals surface area contributed by atoms with Crippen LogP contribution in [0.1, 0.15) is 15.9 Å². The molecular formula is C16H23N3O3. The number of nitrogens with zero attached hydrogens (tertiary/aromatic N) is 2. The lowest BCUT2D eigenvalue weighted by Crippen LogP contribution is -2.41. The van der Waals surface area contributed by atoms with Crippen LogP contribution in [-0.2, 0) is 15.9 Å². The molecule has 1 fully saturated rings. The van der Waals surface area contributed by atoms with E-state index in [9.17, 15) is 4.79 Å². The van der Waals surface area contributed by atoms with Crippen molar-refractivity contribution in [1.29, 1.82) is 0 Å². The number of nitrogen functional groups attached to an aromatic ring is 1. The summed E-state index contributed by atoms with van der Waals surface area (Å²) in [7, 11) is 1.38. The molecular weight excluding hydrogens is 282 g/mol. The Labute approximate surface area is 130 Å². The summed E-state index contributed by atoms with van der Waals surface area (Å²) in [5.74, 6) is -0.375. The lowest BCUT2D eigenvalue weighted by molar-refractivity contribution is 0.0392. The Morgan fingerprint density at radius 1 is 1.27 bits per heavy atom. The zero-order valence-electron chi connectivity index (χ0n) is 13.0. The molecule has 0 radical (unpaired) electrons. The molecule has 1 aromatic rings. The van der Waals surface area contributed by atoms with Crippen LogP contribution in [0, 0.1) is 0 Å². The molecule has 0 aliphatic carbocycles.